The molecule has 6 nitrogen and oxygen atoms in total. The van der Waals surface area contributed by atoms with Gasteiger partial charge in [-0.3, -0.25) is 4.79 Å². The molecule has 0 atom stereocenters. The van der Waals surface area contributed by atoms with Crippen LogP contribution in [-0.4, -0.2) is 33.3 Å². The van der Waals surface area contributed by atoms with Crippen LogP contribution in [0.2, 0.25) is 0 Å². The molecule has 1 heterocycles. The molecule has 1 aliphatic rings. The Morgan fingerprint density at radius 1 is 1.04 bits per heavy atom. The minimum Gasteiger partial charge on any atom is -0.497 e. The third-order valence-electron chi connectivity index (χ3n) is 3.86. The lowest BCUT2D eigenvalue weighted by atomic mass is 10.2. The number of fused-ring (bicyclic) bond motifs is 1. The number of rotatable bonds is 5. The first-order valence-electron chi connectivity index (χ1n) is 8.30. The Morgan fingerprint density at radius 3 is 2.62 bits per heavy atom. The fourth-order valence-corrected chi connectivity index (χ4v) is 2.54. The monoisotopic (exact) mass is 355 g/mol. The predicted molar refractivity (Wildman–Crippen MR) is 99.3 cm³/mol. The van der Waals surface area contributed by atoms with Gasteiger partial charge in [-0.25, -0.2) is 0 Å². The van der Waals surface area contributed by atoms with Crippen molar-refractivity contribution < 1.29 is 23.7 Å². The van der Waals surface area contributed by atoms with E-state index in [4.69, 9.17) is 18.9 Å². The third-order valence-corrected chi connectivity index (χ3v) is 3.86. The second-order valence-electron chi connectivity index (χ2n) is 5.65. The van der Waals surface area contributed by atoms with Gasteiger partial charge in [0.05, 0.1) is 33.1 Å². The fraction of sp³-hybridized carbons (Fsp3) is 0.250. The minimum atomic E-state index is -0.274. The summed E-state index contributed by atoms with van der Waals surface area (Å²) in [6, 6.07) is 10.8. The van der Waals surface area contributed by atoms with Crippen LogP contribution in [-0.2, 0) is 4.79 Å². The van der Waals surface area contributed by atoms with Crippen molar-refractivity contribution in [3.8, 4) is 23.0 Å². The van der Waals surface area contributed by atoms with E-state index >= 15 is 0 Å². The zero-order chi connectivity index (χ0) is 18.4. The van der Waals surface area contributed by atoms with Gasteiger partial charge in [0.1, 0.15) is 11.5 Å². The Morgan fingerprint density at radius 2 is 1.85 bits per heavy atom. The second-order valence-corrected chi connectivity index (χ2v) is 5.65. The molecule has 0 aromatic heterocycles. The van der Waals surface area contributed by atoms with Gasteiger partial charge in [-0.05, 0) is 35.9 Å². The average Bonchev–Trinajstić information content (AvgIpc) is 2.91. The van der Waals surface area contributed by atoms with Crippen LogP contribution < -0.4 is 24.3 Å². The zero-order valence-electron chi connectivity index (χ0n) is 14.8. The quantitative estimate of drug-likeness (QED) is 0.832. The van der Waals surface area contributed by atoms with Gasteiger partial charge >= 0.3 is 0 Å². The number of hydrogen-bond acceptors (Lipinski definition) is 5. The number of hydrogen-bond donors (Lipinski definition) is 1. The van der Waals surface area contributed by atoms with Crippen molar-refractivity contribution in [3.05, 3.63) is 48.0 Å². The van der Waals surface area contributed by atoms with Crippen LogP contribution >= 0.6 is 0 Å². The first-order chi connectivity index (χ1) is 12.7. The molecule has 1 aliphatic heterocycles. The highest BCUT2D eigenvalue weighted by Crippen LogP contribution is 2.31. The molecule has 1 amide bonds. The van der Waals surface area contributed by atoms with Crippen molar-refractivity contribution in [2.24, 2.45) is 0 Å². The maximum atomic E-state index is 12.2. The van der Waals surface area contributed by atoms with E-state index in [-0.39, 0.29) is 5.91 Å². The Labute approximate surface area is 152 Å². The molecule has 26 heavy (non-hydrogen) atoms. The molecule has 2 aromatic rings. The van der Waals surface area contributed by atoms with E-state index in [1.165, 1.54) is 6.08 Å². The first kappa shape index (κ1) is 17.7. The predicted octanol–water partition coefficient (Wildman–Crippen LogP) is 3.52. The summed E-state index contributed by atoms with van der Waals surface area (Å²) in [7, 11) is 3.11. The highest BCUT2D eigenvalue weighted by molar-refractivity contribution is 6.02. The summed E-state index contributed by atoms with van der Waals surface area (Å²) in [5, 5.41) is 2.79. The molecule has 3 rings (SSSR count). The number of benzene rings is 2. The summed E-state index contributed by atoms with van der Waals surface area (Å²) in [5.41, 5.74) is 1.39. The van der Waals surface area contributed by atoms with Crippen LogP contribution in [0.3, 0.4) is 0 Å². The maximum Gasteiger partial charge on any atom is 0.248 e. The van der Waals surface area contributed by atoms with Crippen LogP contribution in [0.5, 0.6) is 23.0 Å². The summed E-state index contributed by atoms with van der Waals surface area (Å²) >= 11 is 0. The molecular formula is C20H21NO5. The number of methoxy groups -OCH3 is 2. The Kier molecular flexibility index (Phi) is 5.63. The van der Waals surface area contributed by atoms with Gasteiger partial charge in [0.15, 0.2) is 11.5 Å². The summed E-state index contributed by atoms with van der Waals surface area (Å²) in [6.45, 7) is 1.27. The molecular weight excluding hydrogens is 334 g/mol. The van der Waals surface area contributed by atoms with Crippen LogP contribution in [0.4, 0.5) is 5.69 Å². The van der Waals surface area contributed by atoms with Gasteiger partial charge in [-0.2, -0.15) is 0 Å². The van der Waals surface area contributed by atoms with E-state index in [2.05, 4.69) is 5.32 Å². The Balaban J connectivity index is 1.71. The highest BCUT2D eigenvalue weighted by Gasteiger charge is 2.10. The standard InChI is InChI=1S/C20H21NO5/c1-23-15-6-8-17(24-2)16(13-15)21-20(22)9-5-14-4-7-18-19(12-14)26-11-3-10-25-18/h4-9,12-13H,3,10-11H2,1-2H3,(H,21,22)/b9-5+. The topological polar surface area (TPSA) is 66.0 Å². The molecule has 1 N–H and O–H groups in total. The summed E-state index contributed by atoms with van der Waals surface area (Å²) in [5.74, 6) is 2.34. The molecule has 2 aromatic carbocycles. The molecule has 136 valence electrons. The van der Waals surface area contributed by atoms with E-state index in [0.717, 1.165) is 17.7 Å². The molecule has 0 aliphatic carbocycles. The normalized spacial score (nSPS) is 13.2. The van der Waals surface area contributed by atoms with Gasteiger partial charge in [0, 0.05) is 18.6 Å². The van der Waals surface area contributed by atoms with Crippen LogP contribution in [0.25, 0.3) is 6.08 Å². The maximum absolute atomic E-state index is 12.2. The summed E-state index contributed by atoms with van der Waals surface area (Å²) in [6.07, 6.45) is 4.03. The smallest absolute Gasteiger partial charge is 0.248 e. The van der Waals surface area contributed by atoms with Crippen molar-refractivity contribution in [2.75, 3.05) is 32.8 Å². The molecule has 0 radical (unpaired) electrons. The van der Waals surface area contributed by atoms with Gasteiger partial charge in [0.25, 0.3) is 0 Å². The Bertz CT molecular complexity index is 816. The SMILES string of the molecule is COc1ccc(OC)c(NC(=O)/C=C/c2ccc3c(c2)OCCCO3)c1. The van der Waals surface area contributed by atoms with E-state index in [0.29, 0.717) is 36.1 Å². The fourth-order valence-electron chi connectivity index (χ4n) is 2.54. The van der Waals surface area contributed by atoms with Crippen molar-refractivity contribution in [2.45, 2.75) is 6.42 Å². The number of anilines is 1. The van der Waals surface area contributed by atoms with Gasteiger partial charge in [0.2, 0.25) is 5.91 Å². The third kappa shape index (κ3) is 4.27. The molecule has 6 heteroatoms. The number of nitrogens with one attached hydrogen (secondary N) is 1. The van der Waals surface area contributed by atoms with Crippen LogP contribution in [0, 0.1) is 0 Å². The Hall–Kier alpha value is -3.15. The number of ether oxygens (including phenoxy) is 4. The summed E-state index contributed by atoms with van der Waals surface area (Å²) < 4.78 is 21.7. The molecule has 0 bridgehead atoms. The van der Waals surface area contributed by atoms with Crippen LogP contribution in [0.1, 0.15) is 12.0 Å². The zero-order valence-corrected chi connectivity index (χ0v) is 14.8. The van der Waals surface area contributed by atoms with Crippen molar-refractivity contribution in [1.29, 1.82) is 0 Å². The van der Waals surface area contributed by atoms with Crippen molar-refractivity contribution in [3.63, 3.8) is 0 Å². The number of carbonyl (C=O) groups excluding carboxylic acids is 1. The van der Waals surface area contributed by atoms with E-state index in [1.54, 1.807) is 38.5 Å². The lowest BCUT2D eigenvalue weighted by molar-refractivity contribution is -0.111. The van der Waals surface area contributed by atoms with E-state index < -0.39 is 0 Å². The highest BCUT2D eigenvalue weighted by atomic mass is 16.5. The lowest BCUT2D eigenvalue weighted by Gasteiger charge is -2.10. The van der Waals surface area contributed by atoms with Gasteiger partial charge in [-0.1, -0.05) is 6.07 Å². The summed E-state index contributed by atoms with van der Waals surface area (Å²) in [4.78, 5) is 12.2. The second kappa shape index (κ2) is 8.29. The van der Waals surface area contributed by atoms with E-state index in [9.17, 15) is 4.79 Å². The molecule has 0 unspecified atom stereocenters. The first-order valence-corrected chi connectivity index (χ1v) is 8.30. The van der Waals surface area contributed by atoms with Gasteiger partial charge < -0.3 is 24.3 Å². The number of carbonyl (C=O) groups is 1. The van der Waals surface area contributed by atoms with Gasteiger partial charge in [-0.15, -0.1) is 0 Å². The minimum absolute atomic E-state index is 0.274. The molecule has 0 spiro atoms. The number of amides is 1. The van der Waals surface area contributed by atoms with E-state index in [1.807, 2.05) is 18.2 Å². The van der Waals surface area contributed by atoms with Crippen molar-refractivity contribution in [1.82, 2.24) is 0 Å². The average molecular weight is 355 g/mol. The molecule has 0 saturated carbocycles. The van der Waals surface area contributed by atoms with Crippen molar-refractivity contribution >= 4 is 17.7 Å². The lowest BCUT2D eigenvalue weighted by Crippen LogP contribution is -2.09. The van der Waals surface area contributed by atoms with Crippen LogP contribution in [0.15, 0.2) is 42.5 Å². The molecule has 0 fully saturated rings. The largest absolute Gasteiger partial charge is 0.497 e. The molecule has 0 saturated heterocycles.